The first-order valence-corrected chi connectivity index (χ1v) is 15.9. The van der Waals surface area contributed by atoms with Gasteiger partial charge < -0.3 is 19.4 Å². The zero-order chi connectivity index (χ0) is 30.0. The molecular formula is C29H39ClN4O6S. The van der Waals surface area contributed by atoms with Crippen LogP contribution in [0.5, 0.6) is 5.75 Å². The van der Waals surface area contributed by atoms with Crippen molar-refractivity contribution in [3.8, 4) is 5.75 Å². The number of nitrogens with zero attached hydrogens (tertiary/aromatic N) is 3. The van der Waals surface area contributed by atoms with Gasteiger partial charge in [-0.25, -0.2) is 13.1 Å². The zero-order valence-electron chi connectivity index (χ0n) is 23.8. The number of carbonyl (C=O) groups excluding carboxylic acids is 3. The van der Waals surface area contributed by atoms with Crippen LogP contribution in [-0.2, 0) is 26.0 Å². The molecule has 3 amide bonds. The standard InChI is InChI=1S/C29H39ClN4O6S/c1-32-15-7-8-16-34(27(35)21-31-41(3,38)39)17-9-10-18-40-26-14-13-23(30)20-24(26)28(36)33(2)25(29(32)37)19-22-11-5-4-6-12-22/h4-6,11-14,20,25,31H,7-10,15-19,21H2,1-3H3/t25-/m0/s1. The number of halogens is 1. The van der Waals surface area contributed by atoms with Crippen molar-refractivity contribution >= 4 is 39.3 Å². The van der Waals surface area contributed by atoms with E-state index in [4.69, 9.17) is 16.3 Å². The second-order valence-corrected chi connectivity index (χ2v) is 12.5. The summed E-state index contributed by atoms with van der Waals surface area (Å²) in [7, 11) is -0.175. The van der Waals surface area contributed by atoms with Crippen LogP contribution in [0.2, 0.25) is 5.02 Å². The van der Waals surface area contributed by atoms with Crippen molar-refractivity contribution in [2.24, 2.45) is 0 Å². The summed E-state index contributed by atoms with van der Waals surface area (Å²) in [5.74, 6) is -0.526. The number of rotatable bonds is 5. The van der Waals surface area contributed by atoms with Crippen molar-refractivity contribution in [2.75, 3.05) is 53.1 Å². The van der Waals surface area contributed by atoms with E-state index in [-0.39, 0.29) is 29.8 Å². The monoisotopic (exact) mass is 606 g/mol. The molecule has 0 saturated carbocycles. The summed E-state index contributed by atoms with van der Waals surface area (Å²) in [6, 6.07) is 13.6. The van der Waals surface area contributed by atoms with E-state index in [1.807, 2.05) is 30.3 Å². The second-order valence-electron chi connectivity index (χ2n) is 10.3. The van der Waals surface area contributed by atoms with Gasteiger partial charge in [0.15, 0.2) is 0 Å². The second kappa shape index (κ2) is 15.2. The Morgan fingerprint density at radius 2 is 1.66 bits per heavy atom. The van der Waals surface area contributed by atoms with Crippen LogP contribution in [0.15, 0.2) is 48.5 Å². The maximum atomic E-state index is 13.8. The van der Waals surface area contributed by atoms with E-state index >= 15 is 0 Å². The molecule has 1 aliphatic heterocycles. The minimum absolute atomic E-state index is 0.205. The van der Waals surface area contributed by atoms with E-state index in [0.717, 1.165) is 11.8 Å². The van der Waals surface area contributed by atoms with Crippen LogP contribution in [0.1, 0.15) is 41.6 Å². The van der Waals surface area contributed by atoms with Crippen LogP contribution in [0, 0.1) is 0 Å². The van der Waals surface area contributed by atoms with Gasteiger partial charge in [-0.3, -0.25) is 14.4 Å². The van der Waals surface area contributed by atoms with E-state index < -0.39 is 16.1 Å². The fourth-order valence-electron chi connectivity index (χ4n) is 4.62. The molecule has 12 heteroatoms. The first-order valence-electron chi connectivity index (χ1n) is 13.7. The maximum Gasteiger partial charge on any atom is 0.258 e. The Balaban J connectivity index is 1.87. The summed E-state index contributed by atoms with van der Waals surface area (Å²) >= 11 is 6.26. The molecule has 41 heavy (non-hydrogen) atoms. The average molecular weight is 607 g/mol. The molecule has 1 atom stereocenters. The highest BCUT2D eigenvalue weighted by Gasteiger charge is 2.31. The van der Waals surface area contributed by atoms with Gasteiger partial charge in [0.1, 0.15) is 11.8 Å². The highest BCUT2D eigenvalue weighted by molar-refractivity contribution is 7.88. The van der Waals surface area contributed by atoms with E-state index in [1.54, 1.807) is 42.1 Å². The normalized spacial score (nSPS) is 18.4. The smallest absolute Gasteiger partial charge is 0.258 e. The first-order chi connectivity index (χ1) is 19.5. The third-order valence-corrected chi connectivity index (χ3v) is 7.89. The van der Waals surface area contributed by atoms with Crippen LogP contribution in [0.3, 0.4) is 0 Å². The minimum atomic E-state index is -3.50. The molecule has 2 aromatic carbocycles. The molecule has 0 radical (unpaired) electrons. The van der Waals surface area contributed by atoms with Crippen LogP contribution in [-0.4, -0.2) is 100 Å². The predicted molar refractivity (Wildman–Crippen MR) is 159 cm³/mol. The number of ether oxygens (including phenoxy) is 1. The summed E-state index contributed by atoms with van der Waals surface area (Å²) < 4.78 is 31.2. The van der Waals surface area contributed by atoms with Gasteiger partial charge in [-0.05, 0) is 49.4 Å². The Labute approximate surface area is 247 Å². The maximum absolute atomic E-state index is 13.8. The molecule has 0 aromatic heterocycles. The van der Waals surface area contributed by atoms with Gasteiger partial charge in [0, 0.05) is 45.2 Å². The third kappa shape index (κ3) is 10.0. The number of hydrogen-bond acceptors (Lipinski definition) is 6. The molecule has 0 unspecified atom stereocenters. The lowest BCUT2D eigenvalue weighted by molar-refractivity contribution is -0.134. The summed E-state index contributed by atoms with van der Waals surface area (Å²) in [5.41, 5.74) is 1.19. The Kier molecular flexibility index (Phi) is 12.0. The van der Waals surface area contributed by atoms with Crippen molar-refractivity contribution in [3.63, 3.8) is 0 Å². The van der Waals surface area contributed by atoms with Crippen LogP contribution in [0.4, 0.5) is 0 Å². The molecule has 0 fully saturated rings. The number of benzene rings is 2. The van der Waals surface area contributed by atoms with Crippen molar-refractivity contribution in [1.29, 1.82) is 0 Å². The van der Waals surface area contributed by atoms with Gasteiger partial charge in [-0.1, -0.05) is 41.9 Å². The van der Waals surface area contributed by atoms with E-state index in [0.29, 0.717) is 69.1 Å². The van der Waals surface area contributed by atoms with Crippen LogP contribution < -0.4 is 9.46 Å². The Morgan fingerprint density at radius 1 is 1.00 bits per heavy atom. The lowest BCUT2D eigenvalue weighted by Gasteiger charge is -2.31. The molecule has 0 saturated heterocycles. The average Bonchev–Trinajstić information content (AvgIpc) is 2.94. The van der Waals surface area contributed by atoms with E-state index in [9.17, 15) is 22.8 Å². The fraction of sp³-hybridized carbons (Fsp3) is 0.483. The van der Waals surface area contributed by atoms with E-state index in [2.05, 4.69) is 4.72 Å². The molecule has 1 aliphatic rings. The number of carbonyl (C=O) groups is 3. The quantitative estimate of drug-likeness (QED) is 0.560. The van der Waals surface area contributed by atoms with Crippen LogP contribution >= 0.6 is 11.6 Å². The van der Waals surface area contributed by atoms with E-state index in [1.165, 1.54) is 4.90 Å². The van der Waals surface area contributed by atoms with Crippen molar-refractivity contribution in [1.82, 2.24) is 19.4 Å². The van der Waals surface area contributed by atoms with Gasteiger partial charge in [0.25, 0.3) is 5.91 Å². The summed E-state index contributed by atoms with van der Waals surface area (Å²) in [4.78, 5) is 45.0. The summed E-state index contributed by atoms with van der Waals surface area (Å²) in [5, 5.41) is 0.375. The highest BCUT2D eigenvalue weighted by atomic mass is 35.5. The molecule has 0 aliphatic carbocycles. The van der Waals surface area contributed by atoms with Gasteiger partial charge in [-0.15, -0.1) is 0 Å². The topological polar surface area (TPSA) is 116 Å². The number of amides is 3. The van der Waals surface area contributed by atoms with Gasteiger partial charge in [0.2, 0.25) is 21.8 Å². The number of likely N-dealkylation sites (N-methyl/N-ethyl adjacent to an activating group) is 2. The third-order valence-electron chi connectivity index (χ3n) is 6.98. The number of hydrogen-bond donors (Lipinski definition) is 1. The molecule has 3 rings (SSSR count). The van der Waals surface area contributed by atoms with Crippen molar-refractivity contribution < 1.29 is 27.5 Å². The Bertz CT molecular complexity index is 1310. The number of fused-ring (bicyclic) bond motifs is 1. The molecule has 0 bridgehead atoms. The molecule has 0 spiro atoms. The Hall–Kier alpha value is -3.15. The predicted octanol–water partition coefficient (Wildman–Crippen LogP) is 2.81. The van der Waals surface area contributed by atoms with Gasteiger partial charge >= 0.3 is 0 Å². The lowest BCUT2D eigenvalue weighted by atomic mass is 10.0. The first kappa shape index (κ1) is 32.4. The molecule has 1 heterocycles. The van der Waals surface area contributed by atoms with Gasteiger partial charge in [0.05, 0.1) is 25.0 Å². The number of sulfonamides is 1. The zero-order valence-corrected chi connectivity index (χ0v) is 25.4. The SMILES string of the molecule is CN1CCCCN(C(=O)CNS(C)(=O)=O)CCCCOc2ccc(Cl)cc2C(=O)N(C)[C@@H](Cc2ccccc2)C1=O. The molecular weight excluding hydrogens is 568 g/mol. The fourth-order valence-corrected chi connectivity index (χ4v) is 5.18. The Morgan fingerprint density at radius 3 is 2.34 bits per heavy atom. The summed E-state index contributed by atoms with van der Waals surface area (Å²) in [6.45, 7) is 1.28. The lowest BCUT2D eigenvalue weighted by Crippen LogP contribution is -2.49. The minimum Gasteiger partial charge on any atom is -0.493 e. The molecule has 2 aromatic rings. The molecule has 1 N–H and O–H groups in total. The van der Waals surface area contributed by atoms with Crippen molar-refractivity contribution in [2.45, 2.75) is 38.1 Å². The highest BCUT2D eigenvalue weighted by Crippen LogP contribution is 2.26. The summed E-state index contributed by atoms with van der Waals surface area (Å²) in [6.07, 6.45) is 3.83. The largest absolute Gasteiger partial charge is 0.493 e. The van der Waals surface area contributed by atoms with Crippen LogP contribution in [0.25, 0.3) is 0 Å². The van der Waals surface area contributed by atoms with Crippen molar-refractivity contribution in [3.05, 3.63) is 64.7 Å². The molecule has 224 valence electrons. The molecule has 10 nitrogen and oxygen atoms in total. The van der Waals surface area contributed by atoms with Gasteiger partial charge in [-0.2, -0.15) is 0 Å². The number of nitrogens with one attached hydrogen (secondary N) is 1.